The fraction of sp³-hybridized carbons (Fsp3) is 0.389. The lowest BCUT2D eigenvalue weighted by molar-refractivity contribution is 0.0909. The summed E-state index contributed by atoms with van der Waals surface area (Å²) in [6, 6.07) is 12.8. The minimum atomic E-state index is 0.0749. The van der Waals surface area contributed by atoms with Crippen LogP contribution in [0.1, 0.15) is 33.6 Å². The molecule has 22 heavy (non-hydrogen) atoms. The Balaban J connectivity index is 1.46. The zero-order valence-corrected chi connectivity index (χ0v) is 13.7. The maximum Gasteiger partial charge on any atom is 0.252 e. The van der Waals surface area contributed by atoms with Crippen molar-refractivity contribution in [2.75, 3.05) is 13.1 Å². The summed E-state index contributed by atoms with van der Waals surface area (Å²) >= 11 is 1.63. The van der Waals surface area contributed by atoms with Gasteiger partial charge in [-0.3, -0.25) is 9.69 Å². The van der Waals surface area contributed by atoms with Crippen molar-refractivity contribution in [3.8, 4) is 0 Å². The lowest BCUT2D eigenvalue weighted by Gasteiger charge is -2.32. The number of nitrogens with zero attached hydrogens (tertiary/aromatic N) is 1. The molecule has 1 aliphatic rings. The van der Waals surface area contributed by atoms with Crippen LogP contribution in [-0.2, 0) is 6.54 Å². The molecule has 1 amide bonds. The van der Waals surface area contributed by atoms with E-state index >= 15 is 0 Å². The summed E-state index contributed by atoms with van der Waals surface area (Å²) in [4.78, 5) is 15.8. The van der Waals surface area contributed by atoms with Crippen LogP contribution in [0.25, 0.3) is 0 Å². The van der Waals surface area contributed by atoms with Crippen LogP contribution in [0.4, 0.5) is 0 Å². The van der Waals surface area contributed by atoms with Crippen LogP contribution in [-0.4, -0.2) is 29.9 Å². The van der Waals surface area contributed by atoms with Crippen LogP contribution in [0, 0.1) is 6.92 Å². The van der Waals surface area contributed by atoms with Gasteiger partial charge in [-0.15, -0.1) is 11.3 Å². The Morgan fingerprint density at radius 3 is 2.64 bits per heavy atom. The average Bonchev–Trinajstić information content (AvgIpc) is 2.97. The van der Waals surface area contributed by atoms with Gasteiger partial charge in [-0.1, -0.05) is 30.3 Å². The van der Waals surface area contributed by atoms with Crippen LogP contribution >= 0.6 is 11.3 Å². The quantitative estimate of drug-likeness (QED) is 0.937. The van der Waals surface area contributed by atoms with Crippen molar-refractivity contribution in [3.63, 3.8) is 0 Å². The maximum absolute atomic E-state index is 12.2. The molecule has 1 aromatic carbocycles. The summed E-state index contributed by atoms with van der Waals surface area (Å²) in [7, 11) is 0. The van der Waals surface area contributed by atoms with Gasteiger partial charge >= 0.3 is 0 Å². The van der Waals surface area contributed by atoms with Crippen LogP contribution in [0.3, 0.4) is 0 Å². The van der Waals surface area contributed by atoms with Gasteiger partial charge in [-0.25, -0.2) is 0 Å². The molecule has 0 spiro atoms. The highest BCUT2D eigenvalue weighted by Crippen LogP contribution is 2.16. The number of amides is 1. The topological polar surface area (TPSA) is 32.3 Å². The number of hydrogen-bond acceptors (Lipinski definition) is 3. The number of aryl methyl sites for hydroxylation is 1. The third-order valence-electron chi connectivity index (χ3n) is 4.16. The van der Waals surface area contributed by atoms with E-state index < -0.39 is 0 Å². The minimum Gasteiger partial charge on any atom is -0.349 e. The largest absolute Gasteiger partial charge is 0.349 e. The van der Waals surface area contributed by atoms with Crippen LogP contribution in [0.15, 0.2) is 41.8 Å². The van der Waals surface area contributed by atoms with Crippen molar-refractivity contribution in [3.05, 3.63) is 57.8 Å². The second-order valence-electron chi connectivity index (χ2n) is 5.96. The molecule has 1 aromatic heterocycles. The van der Waals surface area contributed by atoms with E-state index in [2.05, 4.69) is 40.5 Å². The molecule has 2 heterocycles. The van der Waals surface area contributed by atoms with Gasteiger partial charge < -0.3 is 5.32 Å². The Labute approximate surface area is 136 Å². The number of benzene rings is 1. The number of thiophene rings is 1. The van der Waals surface area contributed by atoms with E-state index in [9.17, 15) is 4.79 Å². The number of nitrogens with one attached hydrogen (secondary N) is 1. The lowest BCUT2D eigenvalue weighted by Crippen LogP contribution is -2.44. The number of hydrogen-bond donors (Lipinski definition) is 1. The second kappa shape index (κ2) is 7.07. The third kappa shape index (κ3) is 3.96. The molecule has 1 fully saturated rings. The van der Waals surface area contributed by atoms with Crippen molar-refractivity contribution in [2.45, 2.75) is 32.4 Å². The Morgan fingerprint density at radius 1 is 1.27 bits per heavy atom. The van der Waals surface area contributed by atoms with Gasteiger partial charge in [0.15, 0.2) is 0 Å². The van der Waals surface area contributed by atoms with E-state index in [0.29, 0.717) is 6.04 Å². The fourth-order valence-electron chi connectivity index (χ4n) is 2.91. The van der Waals surface area contributed by atoms with E-state index in [1.165, 1.54) is 10.4 Å². The number of piperidine rings is 1. The minimum absolute atomic E-state index is 0.0749. The molecule has 0 unspecified atom stereocenters. The van der Waals surface area contributed by atoms with Crippen LogP contribution in [0.2, 0.25) is 0 Å². The van der Waals surface area contributed by atoms with Crippen molar-refractivity contribution in [2.24, 2.45) is 0 Å². The van der Waals surface area contributed by atoms with Gasteiger partial charge in [0.1, 0.15) is 0 Å². The highest BCUT2D eigenvalue weighted by Gasteiger charge is 2.21. The maximum atomic E-state index is 12.2. The van der Waals surface area contributed by atoms with Gasteiger partial charge in [-0.05, 0) is 31.4 Å². The first kappa shape index (κ1) is 15.3. The molecule has 0 radical (unpaired) electrons. The normalized spacial score (nSPS) is 16.6. The summed E-state index contributed by atoms with van der Waals surface area (Å²) < 4.78 is 0. The van der Waals surface area contributed by atoms with Gasteiger partial charge in [0.05, 0.1) is 5.56 Å². The van der Waals surface area contributed by atoms with Gasteiger partial charge in [0.2, 0.25) is 0 Å². The molecule has 1 saturated heterocycles. The number of likely N-dealkylation sites (tertiary alicyclic amines) is 1. The molecule has 1 N–H and O–H groups in total. The SMILES string of the molecule is Cc1cc(C(=O)NC2CCN(Cc3ccccc3)CC2)cs1. The molecule has 1 aliphatic heterocycles. The van der Waals surface area contributed by atoms with Crippen molar-refractivity contribution < 1.29 is 4.79 Å². The standard InChI is InChI=1S/C18H22N2OS/c1-14-11-16(13-22-14)18(21)19-17-7-9-20(10-8-17)12-15-5-3-2-4-6-15/h2-6,11,13,17H,7-10,12H2,1H3,(H,19,21). The van der Waals surface area contributed by atoms with Gasteiger partial charge in [0, 0.05) is 35.9 Å². The summed E-state index contributed by atoms with van der Waals surface area (Å²) in [5.41, 5.74) is 2.16. The Morgan fingerprint density at radius 2 is 2.00 bits per heavy atom. The average molecular weight is 314 g/mol. The second-order valence-corrected chi connectivity index (χ2v) is 7.07. The summed E-state index contributed by atoms with van der Waals surface area (Å²) in [6.45, 7) is 5.12. The Hall–Kier alpha value is -1.65. The van der Waals surface area contributed by atoms with E-state index in [4.69, 9.17) is 0 Å². The van der Waals surface area contributed by atoms with Crippen molar-refractivity contribution in [1.29, 1.82) is 0 Å². The fourth-order valence-corrected chi connectivity index (χ4v) is 3.59. The summed E-state index contributed by atoms with van der Waals surface area (Å²) in [5.74, 6) is 0.0749. The van der Waals surface area contributed by atoms with Crippen molar-refractivity contribution in [1.82, 2.24) is 10.2 Å². The van der Waals surface area contributed by atoms with Gasteiger partial charge in [0.25, 0.3) is 5.91 Å². The van der Waals surface area contributed by atoms with Crippen molar-refractivity contribution >= 4 is 17.2 Å². The molecule has 2 aromatic rings. The first-order valence-electron chi connectivity index (χ1n) is 7.83. The van der Waals surface area contributed by atoms with Crippen LogP contribution < -0.4 is 5.32 Å². The first-order chi connectivity index (χ1) is 10.7. The zero-order chi connectivity index (χ0) is 15.4. The smallest absolute Gasteiger partial charge is 0.252 e. The molecular weight excluding hydrogens is 292 g/mol. The molecule has 0 aliphatic carbocycles. The predicted molar refractivity (Wildman–Crippen MR) is 91.3 cm³/mol. The monoisotopic (exact) mass is 314 g/mol. The molecule has 3 nitrogen and oxygen atoms in total. The zero-order valence-electron chi connectivity index (χ0n) is 12.9. The van der Waals surface area contributed by atoms with E-state index in [1.54, 1.807) is 11.3 Å². The summed E-state index contributed by atoms with van der Waals surface area (Å²) in [5, 5.41) is 5.11. The molecule has 116 valence electrons. The third-order valence-corrected chi connectivity index (χ3v) is 5.03. The number of rotatable bonds is 4. The molecule has 4 heteroatoms. The van der Waals surface area contributed by atoms with E-state index in [-0.39, 0.29) is 5.91 Å². The molecule has 0 atom stereocenters. The highest BCUT2D eigenvalue weighted by molar-refractivity contribution is 7.10. The number of carbonyl (C=O) groups excluding carboxylic acids is 1. The predicted octanol–water partition coefficient (Wildman–Crippen LogP) is 3.45. The van der Waals surface area contributed by atoms with Gasteiger partial charge in [-0.2, -0.15) is 0 Å². The molecule has 0 saturated carbocycles. The Bertz CT molecular complexity index is 615. The highest BCUT2D eigenvalue weighted by atomic mass is 32.1. The molecular formula is C18H22N2OS. The molecule has 0 bridgehead atoms. The lowest BCUT2D eigenvalue weighted by atomic mass is 10.0. The van der Waals surface area contributed by atoms with E-state index in [0.717, 1.165) is 38.0 Å². The molecule has 3 rings (SSSR count). The van der Waals surface area contributed by atoms with E-state index in [1.807, 2.05) is 18.4 Å². The number of carbonyl (C=O) groups is 1. The first-order valence-corrected chi connectivity index (χ1v) is 8.71. The Kier molecular flexibility index (Phi) is 4.90. The summed E-state index contributed by atoms with van der Waals surface area (Å²) in [6.07, 6.45) is 2.06. The van der Waals surface area contributed by atoms with Crippen LogP contribution in [0.5, 0.6) is 0 Å².